The number of aliphatic hydroxyl groups is 1. The molecule has 0 heterocycles. The molecule has 2 rings (SSSR count). The first-order valence-electron chi connectivity index (χ1n) is 7.59. The fourth-order valence-corrected chi connectivity index (χ4v) is 2.20. The van der Waals surface area contributed by atoms with E-state index in [2.05, 4.69) is 4.99 Å². The maximum atomic E-state index is 12.0. The van der Waals surface area contributed by atoms with Crippen molar-refractivity contribution in [3.8, 4) is 5.75 Å². The zero-order valence-electron chi connectivity index (χ0n) is 16.0. The van der Waals surface area contributed by atoms with Gasteiger partial charge in [-0.25, -0.2) is 0 Å². The summed E-state index contributed by atoms with van der Waals surface area (Å²) in [5.74, 6) is -1.42. The van der Waals surface area contributed by atoms with Crippen LogP contribution in [-0.2, 0) is 28.8 Å². The number of nitrogens with zero attached hydrogens (tertiary/aromatic N) is 1. The van der Waals surface area contributed by atoms with Gasteiger partial charge in [-0.15, -0.1) is 0 Å². The predicted octanol–water partition coefficient (Wildman–Crippen LogP) is -0.0394. The van der Waals surface area contributed by atoms with Crippen molar-refractivity contribution in [2.75, 3.05) is 14.2 Å². The van der Waals surface area contributed by atoms with Crippen LogP contribution in [0.4, 0.5) is 0 Å². The molecule has 2 aromatic carbocycles. The van der Waals surface area contributed by atoms with Crippen molar-refractivity contribution < 1.29 is 49.3 Å². The number of aliphatic hydroxyl groups excluding tert-OH is 1. The van der Waals surface area contributed by atoms with E-state index in [-0.39, 0.29) is 29.8 Å². The van der Waals surface area contributed by atoms with E-state index in [1.807, 2.05) is 24.3 Å². The molecule has 0 spiro atoms. The second-order valence-corrected chi connectivity index (χ2v) is 6.06. The number of carbonyl (C=O) groups is 1. The Morgan fingerprint density at radius 3 is 2.11 bits per heavy atom. The molecule has 0 aliphatic carbocycles. The van der Waals surface area contributed by atoms with Crippen LogP contribution in [0.2, 0.25) is 0 Å². The number of aliphatic imine (C=N–C) groups is 1. The summed E-state index contributed by atoms with van der Waals surface area (Å²) in [4.78, 5) is 15.3. The summed E-state index contributed by atoms with van der Waals surface area (Å²) in [5, 5.41) is 40.2. The molecule has 0 amide bonds. The summed E-state index contributed by atoms with van der Waals surface area (Å²) in [5.41, 5.74) is -0.174. The molecule has 0 fully saturated rings. The van der Waals surface area contributed by atoms with Crippen molar-refractivity contribution in [2.24, 2.45) is 10.4 Å². The summed E-state index contributed by atoms with van der Waals surface area (Å²) >= 11 is 0. The van der Waals surface area contributed by atoms with E-state index in [0.29, 0.717) is 5.56 Å². The molecule has 0 aliphatic heterocycles. The Morgan fingerprint density at radius 1 is 1.11 bits per heavy atom. The van der Waals surface area contributed by atoms with Gasteiger partial charge in [0.25, 0.3) is 0 Å². The van der Waals surface area contributed by atoms with Crippen LogP contribution >= 0.6 is 0 Å². The van der Waals surface area contributed by atoms with E-state index < -0.39 is 17.4 Å². The third-order valence-corrected chi connectivity index (χ3v) is 3.33. The fraction of sp³-hybridized carbons (Fsp3) is 0.368. The van der Waals surface area contributed by atoms with Crippen molar-refractivity contribution in [3.05, 3.63) is 42.0 Å². The maximum Gasteiger partial charge on any atom is 0.0941 e. The van der Waals surface area contributed by atoms with Gasteiger partial charge in [0, 0.05) is 31.9 Å². The zero-order valence-corrected chi connectivity index (χ0v) is 17.4. The van der Waals surface area contributed by atoms with Gasteiger partial charge in [0.1, 0.15) is 0 Å². The molecule has 27 heavy (non-hydrogen) atoms. The largest absolute Gasteiger partial charge is 2.00 e. The number of carboxylic acids is 1. The van der Waals surface area contributed by atoms with Crippen molar-refractivity contribution in [1.82, 2.24) is 0 Å². The van der Waals surface area contributed by atoms with Crippen LogP contribution in [0.3, 0.4) is 0 Å². The number of aliphatic carboxylic acids is 1. The third kappa shape index (κ3) is 8.55. The van der Waals surface area contributed by atoms with E-state index >= 15 is 0 Å². The average Bonchev–Trinajstić information content (AvgIpc) is 2.59. The fourth-order valence-electron chi connectivity index (χ4n) is 2.20. The summed E-state index contributed by atoms with van der Waals surface area (Å²) in [6.07, 6.45) is 1.36. The smallest absolute Gasteiger partial charge is 0.0941 e. The normalized spacial score (nSPS) is 11.1. The molecule has 1 N–H and O–H groups in total. The number of hydrogen-bond donors (Lipinski definition) is 1. The monoisotopic (exact) mass is 413 g/mol. The van der Waals surface area contributed by atoms with Gasteiger partial charge in [-0.05, 0) is 21.8 Å². The molecule has 1 radical (unpaired) electrons. The number of carboxylic acid groups (broad SMARTS) is 1. The quantitative estimate of drug-likeness (QED) is 0.701. The second kappa shape index (κ2) is 14.2. The van der Waals surface area contributed by atoms with Gasteiger partial charge in [-0.3, -0.25) is 4.99 Å². The Labute approximate surface area is 171 Å². The molecular weight excluding hydrogens is 389 g/mol. The van der Waals surface area contributed by atoms with Gasteiger partial charge in [0.2, 0.25) is 0 Å². The summed E-state index contributed by atoms with van der Waals surface area (Å²) in [6.45, 7) is 5.31. The molecule has 0 saturated carbocycles. The Balaban J connectivity index is -0.000000899. The molecule has 8 heteroatoms. The Bertz CT molecular complexity index is 713. The van der Waals surface area contributed by atoms with Gasteiger partial charge in [-0.2, -0.15) is 7.11 Å². The van der Waals surface area contributed by atoms with Crippen LogP contribution in [0.25, 0.3) is 10.8 Å². The second-order valence-electron chi connectivity index (χ2n) is 6.06. The first-order chi connectivity index (χ1) is 11.8. The summed E-state index contributed by atoms with van der Waals surface area (Å²) in [7, 11) is 1.75. The van der Waals surface area contributed by atoms with Crippen molar-refractivity contribution in [3.63, 3.8) is 0 Å². The minimum absolute atomic E-state index is 0. The average molecular weight is 413 g/mol. The van der Waals surface area contributed by atoms with Gasteiger partial charge < -0.3 is 30.7 Å². The molecule has 7 nitrogen and oxygen atoms in total. The minimum atomic E-state index is -1.24. The molecule has 0 bridgehead atoms. The summed E-state index contributed by atoms with van der Waals surface area (Å²) in [6, 6.07) is 9.64. The molecule has 0 unspecified atom stereocenters. The number of fused-ring (bicyclic) bond motifs is 1. The first kappa shape index (κ1) is 29.9. The Morgan fingerprint density at radius 2 is 1.63 bits per heavy atom. The van der Waals surface area contributed by atoms with Crippen molar-refractivity contribution >= 4 is 23.0 Å². The number of hydrogen-bond acceptors (Lipinski definition) is 6. The third-order valence-electron chi connectivity index (χ3n) is 3.33. The number of rotatable bonds is 3. The van der Waals surface area contributed by atoms with Gasteiger partial charge >= 0.3 is 0 Å². The van der Waals surface area contributed by atoms with Crippen LogP contribution < -0.4 is 15.3 Å². The molecule has 0 aliphatic rings. The van der Waals surface area contributed by atoms with Crippen LogP contribution in [0.5, 0.6) is 5.75 Å². The molecule has 1 atom stereocenters. The minimum Gasteiger partial charge on any atom is -2.00 e. The first-order valence-corrected chi connectivity index (χ1v) is 7.59. The van der Waals surface area contributed by atoms with Gasteiger partial charge in [0.05, 0.1) is 12.0 Å². The molecule has 151 valence electrons. The molecule has 0 aromatic heterocycles. The Hall–Kier alpha value is -1.90. The van der Waals surface area contributed by atoms with Crippen molar-refractivity contribution in [2.45, 2.75) is 26.8 Å². The van der Waals surface area contributed by atoms with E-state index in [0.717, 1.165) is 25.0 Å². The number of benzene rings is 2. The van der Waals surface area contributed by atoms with Crippen LogP contribution in [0.1, 0.15) is 26.3 Å². The van der Waals surface area contributed by atoms with Gasteiger partial charge in [0.15, 0.2) is 0 Å². The van der Waals surface area contributed by atoms with Crippen LogP contribution in [0.15, 0.2) is 41.4 Å². The molecule has 0 saturated heterocycles. The predicted molar refractivity (Wildman–Crippen MR) is 94.0 cm³/mol. The van der Waals surface area contributed by atoms with E-state index in [1.165, 1.54) is 12.3 Å². The van der Waals surface area contributed by atoms with E-state index in [4.69, 9.17) is 10.2 Å². The Kier molecular flexibility index (Phi) is 15.7. The standard InChI is InChI=1S/C17H19NO3.CH4O.CH3O.O.V/c1-17(2,3)15(16(20)21)18-10-13-12-7-5-4-6-11(12)8-9-14(13)19;2*1-2;;/h4-10,15,19H,1-3H3,(H,20,21);2H,1H3;1H3;;/q;;-1;-2;/p-2/t15-;;;;/m1..../s1. The van der Waals surface area contributed by atoms with Crippen LogP contribution in [-0.4, -0.2) is 37.6 Å². The summed E-state index contributed by atoms with van der Waals surface area (Å²) < 4.78 is 0. The van der Waals surface area contributed by atoms with E-state index in [9.17, 15) is 15.0 Å². The van der Waals surface area contributed by atoms with E-state index in [1.54, 1.807) is 26.8 Å². The van der Waals surface area contributed by atoms with Crippen molar-refractivity contribution in [1.29, 1.82) is 0 Å². The zero-order chi connectivity index (χ0) is 19.6. The maximum absolute atomic E-state index is 12.0. The van der Waals surface area contributed by atoms with Crippen LogP contribution in [0, 0.1) is 5.41 Å². The topological polar surface area (TPSA) is 147 Å². The SMILES string of the molecule is CC(C)(C)[C@H](N=Cc1c([O-])ccc2ccccc12)C(=O)[O-].CO.C[O-].[O-2].[V]. The molecular formula is C19H24NO6V-5. The molecule has 2 aromatic rings. The number of carbonyl (C=O) groups excluding carboxylic acids is 1. The van der Waals surface area contributed by atoms with Gasteiger partial charge in [-0.1, -0.05) is 62.9 Å².